The van der Waals surface area contributed by atoms with Gasteiger partial charge in [-0.15, -0.1) is 0 Å². The van der Waals surface area contributed by atoms with Crippen molar-refractivity contribution in [3.63, 3.8) is 0 Å². The summed E-state index contributed by atoms with van der Waals surface area (Å²) < 4.78 is 0. The van der Waals surface area contributed by atoms with Gasteiger partial charge in [-0.1, -0.05) is 40.0 Å². The maximum Gasteiger partial charge on any atom is 0.248 e. The number of piperazine rings is 1. The first kappa shape index (κ1) is 15.0. The molecule has 0 spiro atoms. The number of unbranched alkanes of at least 4 members (excludes halogenated alkanes) is 3. The first-order valence-corrected chi connectivity index (χ1v) is 7.20. The van der Waals surface area contributed by atoms with Gasteiger partial charge in [-0.2, -0.15) is 0 Å². The molecule has 4 nitrogen and oxygen atoms in total. The van der Waals surface area contributed by atoms with E-state index in [1.165, 1.54) is 12.8 Å². The molecule has 1 heterocycles. The summed E-state index contributed by atoms with van der Waals surface area (Å²) in [5.41, 5.74) is -0.653. The molecule has 4 heteroatoms. The minimum Gasteiger partial charge on any atom is -0.340 e. The van der Waals surface area contributed by atoms with Crippen LogP contribution in [0.5, 0.6) is 0 Å². The Hall–Kier alpha value is -1.06. The molecule has 0 radical (unpaired) electrons. The summed E-state index contributed by atoms with van der Waals surface area (Å²) in [5.74, 6) is 0.0809. The fourth-order valence-electron chi connectivity index (χ4n) is 2.55. The molecule has 1 aliphatic rings. The minimum absolute atomic E-state index is 0.0196. The lowest BCUT2D eigenvalue weighted by Gasteiger charge is -2.41. The van der Waals surface area contributed by atoms with Crippen molar-refractivity contribution in [1.29, 1.82) is 0 Å². The highest BCUT2D eigenvalue weighted by Gasteiger charge is 2.43. The molecule has 2 amide bonds. The average Bonchev–Trinajstić information content (AvgIpc) is 2.38. The molecule has 0 bridgehead atoms. The van der Waals surface area contributed by atoms with Gasteiger partial charge >= 0.3 is 0 Å². The first-order valence-electron chi connectivity index (χ1n) is 7.20. The summed E-state index contributed by atoms with van der Waals surface area (Å²) >= 11 is 0. The highest BCUT2D eigenvalue weighted by molar-refractivity contribution is 5.97. The monoisotopic (exact) mass is 254 g/mol. The van der Waals surface area contributed by atoms with E-state index in [-0.39, 0.29) is 18.4 Å². The molecule has 0 unspecified atom stereocenters. The summed E-state index contributed by atoms with van der Waals surface area (Å²) in [4.78, 5) is 25.9. The van der Waals surface area contributed by atoms with Gasteiger partial charge in [-0.3, -0.25) is 9.59 Å². The van der Waals surface area contributed by atoms with Crippen LogP contribution in [0, 0.1) is 0 Å². The Morgan fingerprint density at radius 1 is 1.11 bits per heavy atom. The molecule has 0 aliphatic carbocycles. The van der Waals surface area contributed by atoms with E-state index in [0.29, 0.717) is 19.4 Å². The Bertz CT molecular complexity index is 298. The molecule has 0 aromatic carbocycles. The topological polar surface area (TPSA) is 49.4 Å². The Kier molecular flexibility index (Phi) is 5.63. The number of carbonyl (C=O) groups is 2. The van der Waals surface area contributed by atoms with Crippen LogP contribution in [0.3, 0.4) is 0 Å². The molecule has 0 atom stereocenters. The third-order valence-corrected chi connectivity index (χ3v) is 3.90. The van der Waals surface area contributed by atoms with Gasteiger partial charge < -0.3 is 10.2 Å². The van der Waals surface area contributed by atoms with Crippen molar-refractivity contribution in [2.24, 2.45) is 0 Å². The predicted molar refractivity (Wildman–Crippen MR) is 72.2 cm³/mol. The van der Waals surface area contributed by atoms with Crippen molar-refractivity contribution in [2.75, 3.05) is 13.1 Å². The summed E-state index contributed by atoms with van der Waals surface area (Å²) in [7, 11) is 0. The number of nitrogens with zero attached hydrogens (tertiary/aromatic N) is 1. The van der Waals surface area contributed by atoms with Crippen molar-refractivity contribution in [2.45, 2.75) is 64.8 Å². The molecule has 1 saturated heterocycles. The smallest absolute Gasteiger partial charge is 0.248 e. The van der Waals surface area contributed by atoms with Gasteiger partial charge in [0.05, 0.1) is 6.54 Å². The number of hydrogen-bond donors (Lipinski definition) is 1. The minimum atomic E-state index is -0.653. The Morgan fingerprint density at radius 3 is 2.33 bits per heavy atom. The number of rotatable bonds is 7. The van der Waals surface area contributed by atoms with Crippen molar-refractivity contribution in [1.82, 2.24) is 10.2 Å². The molecule has 1 aliphatic heterocycles. The van der Waals surface area contributed by atoms with E-state index < -0.39 is 5.54 Å². The summed E-state index contributed by atoms with van der Waals surface area (Å²) in [6, 6.07) is 0. The zero-order valence-electron chi connectivity index (χ0n) is 11.9. The zero-order chi connectivity index (χ0) is 13.6. The number of nitrogens with one attached hydrogen (secondary N) is 1. The lowest BCUT2D eigenvalue weighted by molar-refractivity contribution is -0.150. The molecule has 18 heavy (non-hydrogen) atoms. The second-order valence-electron chi connectivity index (χ2n) is 5.12. The Balaban J connectivity index is 2.62. The van der Waals surface area contributed by atoms with Crippen LogP contribution in [-0.2, 0) is 9.59 Å². The van der Waals surface area contributed by atoms with E-state index in [4.69, 9.17) is 0 Å². The lowest BCUT2D eigenvalue weighted by atomic mass is 9.89. The van der Waals surface area contributed by atoms with Crippen LogP contribution < -0.4 is 5.32 Å². The quantitative estimate of drug-likeness (QED) is 0.707. The maximum absolute atomic E-state index is 12.4. The summed E-state index contributed by atoms with van der Waals surface area (Å²) in [6.07, 6.45) is 5.84. The zero-order valence-corrected chi connectivity index (χ0v) is 11.9. The second kappa shape index (κ2) is 6.76. The molecule has 0 saturated carbocycles. The van der Waals surface area contributed by atoms with E-state index in [1.807, 2.05) is 13.8 Å². The van der Waals surface area contributed by atoms with Gasteiger partial charge in [0.15, 0.2) is 0 Å². The lowest BCUT2D eigenvalue weighted by Crippen LogP contribution is -2.66. The van der Waals surface area contributed by atoms with E-state index in [1.54, 1.807) is 4.90 Å². The largest absolute Gasteiger partial charge is 0.340 e. The summed E-state index contributed by atoms with van der Waals surface area (Å²) in [6.45, 7) is 7.03. The summed E-state index contributed by atoms with van der Waals surface area (Å²) in [5, 5.41) is 2.88. The number of hydrogen-bond acceptors (Lipinski definition) is 2. The number of amides is 2. The van der Waals surface area contributed by atoms with Gasteiger partial charge in [-0.05, 0) is 19.3 Å². The van der Waals surface area contributed by atoms with Crippen molar-refractivity contribution >= 4 is 11.8 Å². The SMILES string of the molecule is CCCCCCN1CC(=O)NC(CC)(CC)C1=O. The standard InChI is InChI=1S/C14H26N2O2/c1-4-7-8-9-10-16-11-12(17)15-14(5-2,6-3)13(16)18/h4-11H2,1-3H3,(H,15,17). The Labute approximate surface area is 110 Å². The predicted octanol–water partition coefficient (Wildman–Crippen LogP) is 2.08. The van der Waals surface area contributed by atoms with E-state index in [2.05, 4.69) is 12.2 Å². The Morgan fingerprint density at radius 2 is 1.78 bits per heavy atom. The fraction of sp³-hybridized carbons (Fsp3) is 0.857. The maximum atomic E-state index is 12.4. The van der Waals surface area contributed by atoms with Crippen LogP contribution in [0.1, 0.15) is 59.3 Å². The molecule has 0 aromatic heterocycles. The fourth-order valence-corrected chi connectivity index (χ4v) is 2.55. The van der Waals surface area contributed by atoms with Crippen LogP contribution in [0.4, 0.5) is 0 Å². The van der Waals surface area contributed by atoms with E-state index >= 15 is 0 Å². The molecule has 0 aromatic rings. The molecule has 1 N–H and O–H groups in total. The highest BCUT2D eigenvalue weighted by Crippen LogP contribution is 2.22. The van der Waals surface area contributed by atoms with Crippen molar-refractivity contribution in [3.05, 3.63) is 0 Å². The van der Waals surface area contributed by atoms with Gasteiger partial charge in [0, 0.05) is 6.54 Å². The van der Waals surface area contributed by atoms with Crippen LogP contribution in [0.15, 0.2) is 0 Å². The second-order valence-corrected chi connectivity index (χ2v) is 5.12. The van der Waals surface area contributed by atoms with Gasteiger partial charge in [0.1, 0.15) is 5.54 Å². The van der Waals surface area contributed by atoms with Gasteiger partial charge in [0.2, 0.25) is 11.8 Å². The van der Waals surface area contributed by atoms with Crippen molar-refractivity contribution in [3.8, 4) is 0 Å². The normalized spacial score (nSPS) is 18.9. The van der Waals surface area contributed by atoms with E-state index in [0.717, 1.165) is 12.8 Å². The molecule has 1 rings (SSSR count). The molecule has 1 fully saturated rings. The van der Waals surface area contributed by atoms with Crippen LogP contribution in [0.25, 0.3) is 0 Å². The molecule has 104 valence electrons. The van der Waals surface area contributed by atoms with E-state index in [9.17, 15) is 9.59 Å². The van der Waals surface area contributed by atoms with Crippen LogP contribution >= 0.6 is 0 Å². The van der Waals surface area contributed by atoms with Gasteiger partial charge in [0.25, 0.3) is 0 Å². The van der Waals surface area contributed by atoms with Crippen molar-refractivity contribution < 1.29 is 9.59 Å². The molecular formula is C14H26N2O2. The van der Waals surface area contributed by atoms with Crippen LogP contribution in [-0.4, -0.2) is 35.3 Å². The third-order valence-electron chi connectivity index (χ3n) is 3.90. The third kappa shape index (κ3) is 3.24. The average molecular weight is 254 g/mol. The van der Waals surface area contributed by atoms with Gasteiger partial charge in [-0.25, -0.2) is 0 Å². The number of carbonyl (C=O) groups excluding carboxylic acids is 2. The first-order chi connectivity index (χ1) is 8.59. The van der Waals surface area contributed by atoms with Crippen LogP contribution in [0.2, 0.25) is 0 Å². The molecular weight excluding hydrogens is 228 g/mol. The highest BCUT2D eigenvalue weighted by atomic mass is 16.2.